The molecule has 1 saturated carbocycles. The molecule has 2 nitrogen and oxygen atoms in total. The lowest BCUT2D eigenvalue weighted by molar-refractivity contribution is -0.151. The Labute approximate surface area is 92.7 Å². The van der Waals surface area contributed by atoms with Crippen LogP contribution in [0.4, 0.5) is 0 Å². The Bertz CT molecular complexity index is 245. The molecule has 0 radical (unpaired) electrons. The van der Waals surface area contributed by atoms with Gasteiger partial charge in [-0.15, -0.1) is 0 Å². The summed E-state index contributed by atoms with van der Waals surface area (Å²) in [5.41, 5.74) is 0.708. The second-order valence-electron chi connectivity index (χ2n) is 4.73. The summed E-state index contributed by atoms with van der Waals surface area (Å²) in [6.45, 7) is 8.03. The average molecular weight is 210 g/mol. The van der Waals surface area contributed by atoms with Crippen LogP contribution in [0.3, 0.4) is 0 Å². The molecule has 0 amide bonds. The number of carbonyl (C=O) groups excluding carboxylic acids is 1. The zero-order chi connectivity index (χ0) is 11.4. The van der Waals surface area contributed by atoms with Gasteiger partial charge in [-0.1, -0.05) is 26.3 Å². The van der Waals surface area contributed by atoms with Gasteiger partial charge in [-0.05, 0) is 38.5 Å². The maximum Gasteiger partial charge on any atom is 0.333 e. The quantitative estimate of drug-likeness (QED) is 0.516. The van der Waals surface area contributed by atoms with Crippen molar-refractivity contribution in [2.75, 3.05) is 0 Å². The van der Waals surface area contributed by atoms with Crippen molar-refractivity contribution >= 4 is 5.97 Å². The fraction of sp³-hybridized carbons (Fsp3) is 0.769. The molecule has 0 saturated heterocycles. The molecule has 0 heterocycles. The van der Waals surface area contributed by atoms with E-state index in [9.17, 15) is 4.79 Å². The lowest BCUT2D eigenvalue weighted by Crippen LogP contribution is -2.34. The van der Waals surface area contributed by atoms with Crippen LogP contribution in [0.25, 0.3) is 0 Å². The lowest BCUT2D eigenvalue weighted by Gasteiger charge is -2.33. The van der Waals surface area contributed by atoms with Crippen molar-refractivity contribution in [2.24, 2.45) is 11.8 Å². The number of allylic oxidation sites excluding steroid dienone is 1. The van der Waals surface area contributed by atoms with Gasteiger partial charge in [0.25, 0.3) is 0 Å². The van der Waals surface area contributed by atoms with E-state index < -0.39 is 0 Å². The molecule has 1 aliphatic rings. The number of hydrogen-bond acceptors (Lipinski definition) is 2. The van der Waals surface area contributed by atoms with Crippen LogP contribution in [0.1, 0.15) is 47.0 Å². The van der Waals surface area contributed by atoms with Gasteiger partial charge >= 0.3 is 5.97 Å². The first-order valence-corrected chi connectivity index (χ1v) is 5.90. The highest BCUT2D eigenvalue weighted by molar-refractivity contribution is 5.87. The first-order chi connectivity index (χ1) is 7.06. The summed E-state index contributed by atoms with van der Waals surface area (Å²) in [7, 11) is 0. The van der Waals surface area contributed by atoms with Crippen molar-refractivity contribution in [3.63, 3.8) is 0 Å². The van der Waals surface area contributed by atoms with Crippen LogP contribution in [0, 0.1) is 11.8 Å². The maximum absolute atomic E-state index is 11.6. The minimum atomic E-state index is -0.150. The van der Waals surface area contributed by atoms with Crippen LogP contribution >= 0.6 is 0 Å². The number of rotatable bonds is 2. The third kappa shape index (κ3) is 3.08. The van der Waals surface area contributed by atoms with E-state index in [1.54, 1.807) is 13.0 Å². The summed E-state index contributed by atoms with van der Waals surface area (Å²) < 4.78 is 5.56. The van der Waals surface area contributed by atoms with Crippen LogP contribution in [-0.2, 0) is 9.53 Å². The highest BCUT2D eigenvalue weighted by Gasteiger charge is 2.30. The number of carbonyl (C=O) groups is 1. The third-order valence-electron chi connectivity index (χ3n) is 3.44. The Hall–Kier alpha value is -0.790. The molecule has 1 aliphatic carbocycles. The number of hydrogen-bond donors (Lipinski definition) is 0. The lowest BCUT2D eigenvalue weighted by atomic mass is 9.80. The van der Waals surface area contributed by atoms with Crippen LogP contribution < -0.4 is 0 Å². The Morgan fingerprint density at radius 2 is 1.80 bits per heavy atom. The van der Waals surface area contributed by atoms with Gasteiger partial charge in [-0.25, -0.2) is 4.79 Å². The Morgan fingerprint density at radius 3 is 2.27 bits per heavy atom. The van der Waals surface area contributed by atoms with Gasteiger partial charge in [-0.2, -0.15) is 0 Å². The molecule has 0 unspecified atom stereocenters. The summed E-state index contributed by atoms with van der Waals surface area (Å²) in [4.78, 5) is 11.6. The van der Waals surface area contributed by atoms with Crippen LogP contribution in [0.15, 0.2) is 11.6 Å². The fourth-order valence-corrected chi connectivity index (χ4v) is 2.22. The Kier molecular flexibility index (Phi) is 4.37. The molecule has 86 valence electrons. The number of esters is 1. The SMILES string of the molecule is C/C=C(\C)C(=O)O[C@@H]1[C@H](C)CCC[C@@H]1C. The van der Waals surface area contributed by atoms with Crippen molar-refractivity contribution in [2.45, 2.75) is 53.1 Å². The van der Waals surface area contributed by atoms with E-state index in [-0.39, 0.29) is 12.1 Å². The molecule has 0 aromatic carbocycles. The highest BCUT2D eigenvalue weighted by Crippen LogP contribution is 2.31. The largest absolute Gasteiger partial charge is 0.458 e. The number of ether oxygens (including phenoxy) is 1. The average Bonchev–Trinajstić information content (AvgIpc) is 2.22. The topological polar surface area (TPSA) is 26.3 Å². The molecule has 0 N–H and O–H groups in total. The maximum atomic E-state index is 11.6. The van der Waals surface area contributed by atoms with Crippen LogP contribution in [-0.4, -0.2) is 12.1 Å². The molecule has 0 aliphatic heterocycles. The highest BCUT2D eigenvalue weighted by atomic mass is 16.5. The zero-order valence-electron chi connectivity index (χ0n) is 10.2. The fourth-order valence-electron chi connectivity index (χ4n) is 2.22. The minimum Gasteiger partial charge on any atom is -0.458 e. The van der Waals surface area contributed by atoms with Crippen molar-refractivity contribution in [3.8, 4) is 0 Å². The molecule has 2 heteroatoms. The monoisotopic (exact) mass is 210 g/mol. The molecule has 3 atom stereocenters. The normalized spacial score (nSPS) is 32.5. The second kappa shape index (κ2) is 5.34. The second-order valence-corrected chi connectivity index (χ2v) is 4.73. The van der Waals surface area contributed by atoms with Gasteiger partial charge in [0.1, 0.15) is 6.10 Å². The van der Waals surface area contributed by atoms with Crippen molar-refractivity contribution in [3.05, 3.63) is 11.6 Å². The predicted octanol–water partition coefficient (Wildman–Crippen LogP) is 3.32. The first kappa shape index (κ1) is 12.3. The van der Waals surface area contributed by atoms with Gasteiger partial charge < -0.3 is 4.74 Å². The molecular weight excluding hydrogens is 188 g/mol. The summed E-state index contributed by atoms with van der Waals surface area (Å²) in [5.74, 6) is 0.854. The molecule has 0 aromatic heterocycles. The zero-order valence-corrected chi connectivity index (χ0v) is 10.2. The van der Waals surface area contributed by atoms with Gasteiger partial charge in [0.05, 0.1) is 0 Å². The summed E-state index contributed by atoms with van der Waals surface area (Å²) in [6.07, 6.45) is 5.54. The predicted molar refractivity (Wildman–Crippen MR) is 61.5 cm³/mol. The van der Waals surface area contributed by atoms with Crippen molar-refractivity contribution in [1.29, 1.82) is 0 Å². The van der Waals surface area contributed by atoms with E-state index >= 15 is 0 Å². The summed E-state index contributed by atoms with van der Waals surface area (Å²) in [6, 6.07) is 0. The minimum absolute atomic E-state index is 0.112. The van der Waals surface area contributed by atoms with Crippen molar-refractivity contribution < 1.29 is 9.53 Å². The van der Waals surface area contributed by atoms with Gasteiger partial charge in [-0.3, -0.25) is 0 Å². The summed E-state index contributed by atoms with van der Waals surface area (Å²) >= 11 is 0. The van der Waals surface area contributed by atoms with Crippen molar-refractivity contribution in [1.82, 2.24) is 0 Å². The molecule has 0 spiro atoms. The van der Waals surface area contributed by atoms with E-state index in [4.69, 9.17) is 4.74 Å². The van der Waals surface area contributed by atoms with E-state index in [0.29, 0.717) is 17.4 Å². The molecule has 15 heavy (non-hydrogen) atoms. The van der Waals surface area contributed by atoms with Crippen LogP contribution in [0.5, 0.6) is 0 Å². The van der Waals surface area contributed by atoms with E-state index in [0.717, 1.165) is 0 Å². The van der Waals surface area contributed by atoms with Gasteiger partial charge in [0, 0.05) is 5.57 Å². The van der Waals surface area contributed by atoms with E-state index in [2.05, 4.69) is 13.8 Å². The van der Waals surface area contributed by atoms with Gasteiger partial charge in [0.2, 0.25) is 0 Å². The molecule has 1 fully saturated rings. The third-order valence-corrected chi connectivity index (χ3v) is 3.44. The standard InChI is InChI=1S/C13H22O2/c1-5-9(2)13(14)15-12-10(3)7-6-8-11(12)4/h5,10-12H,6-8H2,1-4H3/b9-5+/t10-,11+,12-. The molecule has 0 aromatic rings. The molecular formula is C13H22O2. The Balaban J connectivity index is 2.59. The van der Waals surface area contributed by atoms with E-state index in [1.165, 1.54) is 19.3 Å². The van der Waals surface area contributed by atoms with Crippen LogP contribution in [0.2, 0.25) is 0 Å². The smallest absolute Gasteiger partial charge is 0.333 e. The van der Waals surface area contributed by atoms with E-state index in [1.807, 2.05) is 6.92 Å². The summed E-state index contributed by atoms with van der Waals surface area (Å²) in [5, 5.41) is 0. The molecule has 0 bridgehead atoms. The van der Waals surface area contributed by atoms with Gasteiger partial charge in [0.15, 0.2) is 0 Å². The first-order valence-electron chi connectivity index (χ1n) is 5.90. The Morgan fingerprint density at radius 1 is 1.27 bits per heavy atom. The molecule has 1 rings (SSSR count).